The molecule has 0 fully saturated rings. The number of hydrogen-bond acceptors (Lipinski definition) is 5. The van der Waals surface area contributed by atoms with E-state index < -0.39 is 50.6 Å². The van der Waals surface area contributed by atoms with Crippen molar-refractivity contribution < 1.29 is 36.6 Å². The van der Waals surface area contributed by atoms with Crippen LogP contribution in [0, 0.1) is 11.6 Å². The van der Waals surface area contributed by atoms with Gasteiger partial charge in [0, 0.05) is 0 Å². The van der Waals surface area contributed by atoms with Crippen LogP contribution in [0.2, 0.25) is 0 Å². The molecule has 1 rings (SSSR count). The lowest BCUT2D eigenvalue weighted by molar-refractivity contribution is -0.139. The Kier molecular flexibility index (Phi) is 4.73. The van der Waals surface area contributed by atoms with Crippen LogP contribution >= 0.6 is 0 Å². The highest BCUT2D eigenvalue weighted by Crippen LogP contribution is 2.20. The Balaban J connectivity index is 3.23. The van der Waals surface area contributed by atoms with E-state index in [2.05, 4.69) is 4.74 Å². The number of hydrogen-bond donors (Lipinski definition) is 2. The molecule has 0 spiro atoms. The molecule has 0 saturated heterocycles. The Morgan fingerprint density at radius 1 is 1.35 bits per heavy atom. The first kappa shape index (κ1) is 16.0. The summed E-state index contributed by atoms with van der Waals surface area (Å²) in [6.45, 7) is -0.780. The number of carboxylic acids is 1. The van der Waals surface area contributed by atoms with E-state index in [1.54, 1.807) is 4.72 Å². The van der Waals surface area contributed by atoms with Gasteiger partial charge in [-0.15, -0.1) is 0 Å². The lowest BCUT2D eigenvalue weighted by Gasteiger charge is -2.08. The molecule has 10 heteroatoms. The van der Waals surface area contributed by atoms with Gasteiger partial charge in [0.25, 0.3) is 0 Å². The van der Waals surface area contributed by atoms with Gasteiger partial charge >= 0.3 is 11.9 Å². The second kappa shape index (κ2) is 5.92. The molecular weight excluding hydrogens is 300 g/mol. The van der Waals surface area contributed by atoms with Gasteiger partial charge in [0.05, 0.1) is 7.11 Å². The molecule has 1 aromatic carbocycles. The van der Waals surface area contributed by atoms with Crippen LogP contribution in [0.4, 0.5) is 8.78 Å². The molecule has 0 aliphatic carbocycles. The van der Waals surface area contributed by atoms with Crippen LogP contribution < -0.4 is 4.72 Å². The summed E-state index contributed by atoms with van der Waals surface area (Å²) in [5.41, 5.74) is -1.40. The first-order valence-corrected chi connectivity index (χ1v) is 6.46. The predicted molar refractivity (Wildman–Crippen MR) is 60.5 cm³/mol. The van der Waals surface area contributed by atoms with Crippen molar-refractivity contribution in [3.63, 3.8) is 0 Å². The molecule has 7 nitrogen and oxygen atoms in total. The number of ether oxygens (including phenoxy) is 1. The lowest BCUT2D eigenvalue weighted by atomic mass is 10.2. The smallest absolute Gasteiger partial charge is 0.341 e. The molecule has 0 radical (unpaired) electrons. The van der Waals surface area contributed by atoms with Gasteiger partial charge in [0.1, 0.15) is 22.8 Å². The molecule has 0 bridgehead atoms. The van der Waals surface area contributed by atoms with E-state index >= 15 is 0 Å². The minimum atomic E-state index is -4.52. The third kappa shape index (κ3) is 3.27. The number of aromatic carboxylic acids is 1. The Bertz CT molecular complexity index is 658. The van der Waals surface area contributed by atoms with Crippen LogP contribution in [0.15, 0.2) is 17.0 Å². The summed E-state index contributed by atoms with van der Waals surface area (Å²) in [7, 11) is -3.51. The van der Waals surface area contributed by atoms with Crippen LogP contribution in [0.25, 0.3) is 0 Å². The molecule has 0 aliphatic heterocycles. The fraction of sp³-hybridized carbons (Fsp3) is 0.200. The third-order valence-electron chi connectivity index (χ3n) is 2.19. The number of methoxy groups -OCH3 is 1. The van der Waals surface area contributed by atoms with E-state index in [4.69, 9.17) is 5.11 Å². The van der Waals surface area contributed by atoms with E-state index in [-0.39, 0.29) is 0 Å². The van der Waals surface area contributed by atoms with E-state index in [9.17, 15) is 26.8 Å². The molecule has 0 heterocycles. The maximum Gasteiger partial charge on any atom is 0.341 e. The SMILES string of the molecule is COC(=O)CNS(=O)(=O)c1ccc(F)c(C(=O)O)c1F. The molecule has 0 aliphatic rings. The van der Waals surface area contributed by atoms with Crippen LogP contribution in [0.3, 0.4) is 0 Å². The Hall–Kier alpha value is -2.07. The zero-order valence-electron chi connectivity index (χ0n) is 10.0. The van der Waals surface area contributed by atoms with E-state index in [0.717, 1.165) is 7.11 Å². The third-order valence-corrected chi connectivity index (χ3v) is 3.61. The first-order chi connectivity index (χ1) is 9.20. The van der Waals surface area contributed by atoms with Crippen LogP contribution in [-0.4, -0.2) is 39.1 Å². The minimum Gasteiger partial charge on any atom is -0.477 e. The van der Waals surface area contributed by atoms with Gasteiger partial charge in [-0.05, 0) is 12.1 Å². The standard InChI is InChI=1S/C10H9F2NO6S/c1-19-7(14)4-13-20(17,18)6-3-2-5(11)8(9(6)12)10(15)16/h2-3,13H,4H2,1H3,(H,15,16). The Morgan fingerprint density at radius 3 is 2.45 bits per heavy atom. The second-order valence-corrected chi connectivity index (χ2v) is 5.18. The zero-order valence-corrected chi connectivity index (χ0v) is 10.8. The number of halogens is 2. The fourth-order valence-corrected chi connectivity index (χ4v) is 2.29. The molecule has 2 N–H and O–H groups in total. The first-order valence-electron chi connectivity index (χ1n) is 4.98. The van der Waals surface area contributed by atoms with Crippen LogP contribution in [0.5, 0.6) is 0 Å². The Labute approximate surface area is 112 Å². The monoisotopic (exact) mass is 309 g/mol. The topological polar surface area (TPSA) is 110 Å². The average Bonchev–Trinajstić information content (AvgIpc) is 2.35. The van der Waals surface area contributed by atoms with Crippen LogP contribution in [0.1, 0.15) is 10.4 Å². The van der Waals surface area contributed by atoms with Gasteiger partial charge in [0.15, 0.2) is 5.82 Å². The molecule has 0 saturated carbocycles. The highest BCUT2D eigenvalue weighted by Gasteiger charge is 2.27. The Morgan fingerprint density at radius 2 is 1.95 bits per heavy atom. The van der Waals surface area contributed by atoms with Crippen molar-refractivity contribution in [1.29, 1.82) is 0 Å². The molecular formula is C10H9F2NO6S. The van der Waals surface area contributed by atoms with Crippen molar-refractivity contribution in [2.75, 3.05) is 13.7 Å². The molecule has 0 amide bonds. The molecule has 0 unspecified atom stereocenters. The molecule has 20 heavy (non-hydrogen) atoms. The summed E-state index contributed by atoms with van der Waals surface area (Å²) < 4.78 is 56.1. The summed E-state index contributed by atoms with van der Waals surface area (Å²) in [6, 6.07) is 1.05. The predicted octanol–water partition coefficient (Wildman–Crippen LogP) is 0.114. The van der Waals surface area contributed by atoms with Crippen molar-refractivity contribution in [1.82, 2.24) is 4.72 Å². The van der Waals surface area contributed by atoms with E-state index in [1.807, 2.05) is 0 Å². The summed E-state index contributed by atoms with van der Waals surface area (Å²) >= 11 is 0. The number of sulfonamides is 1. The van der Waals surface area contributed by atoms with Crippen LogP contribution in [-0.2, 0) is 19.6 Å². The number of esters is 1. The van der Waals surface area contributed by atoms with E-state index in [1.165, 1.54) is 0 Å². The minimum absolute atomic E-state index is 0.499. The summed E-state index contributed by atoms with van der Waals surface area (Å²) in [5.74, 6) is -6.06. The second-order valence-electron chi connectivity index (χ2n) is 3.44. The summed E-state index contributed by atoms with van der Waals surface area (Å²) in [6.07, 6.45) is 0. The fourth-order valence-electron chi connectivity index (χ4n) is 1.24. The molecule has 0 atom stereocenters. The van der Waals surface area contributed by atoms with Gasteiger partial charge in [-0.25, -0.2) is 22.0 Å². The average molecular weight is 309 g/mol. The maximum atomic E-state index is 13.7. The number of carbonyl (C=O) groups excluding carboxylic acids is 1. The molecule has 110 valence electrons. The number of carboxylic acid groups (broad SMARTS) is 1. The summed E-state index contributed by atoms with van der Waals surface area (Å²) in [4.78, 5) is 20.4. The summed E-state index contributed by atoms with van der Waals surface area (Å²) in [5, 5.41) is 8.62. The number of benzene rings is 1. The number of nitrogens with one attached hydrogen (secondary N) is 1. The van der Waals surface area contributed by atoms with Gasteiger partial charge in [-0.2, -0.15) is 4.72 Å². The largest absolute Gasteiger partial charge is 0.477 e. The number of carbonyl (C=O) groups is 2. The van der Waals surface area contributed by atoms with Crippen molar-refractivity contribution in [2.45, 2.75) is 4.90 Å². The maximum absolute atomic E-state index is 13.7. The highest BCUT2D eigenvalue weighted by molar-refractivity contribution is 7.89. The van der Waals surface area contributed by atoms with Crippen molar-refractivity contribution in [3.05, 3.63) is 29.3 Å². The van der Waals surface area contributed by atoms with Crippen molar-refractivity contribution in [3.8, 4) is 0 Å². The number of rotatable bonds is 5. The van der Waals surface area contributed by atoms with Crippen molar-refractivity contribution in [2.24, 2.45) is 0 Å². The van der Waals surface area contributed by atoms with E-state index in [0.29, 0.717) is 12.1 Å². The normalized spacial score (nSPS) is 11.2. The van der Waals surface area contributed by atoms with Gasteiger partial charge < -0.3 is 9.84 Å². The van der Waals surface area contributed by atoms with Crippen molar-refractivity contribution >= 4 is 22.0 Å². The molecule has 1 aromatic rings. The highest BCUT2D eigenvalue weighted by atomic mass is 32.2. The molecule has 0 aromatic heterocycles. The quantitative estimate of drug-likeness (QED) is 0.747. The lowest BCUT2D eigenvalue weighted by Crippen LogP contribution is -2.31. The van der Waals surface area contributed by atoms with Gasteiger partial charge in [0.2, 0.25) is 10.0 Å². The van der Waals surface area contributed by atoms with Gasteiger partial charge in [-0.3, -0.25) is 4.79 Å². The zero-order chi connectivity index (χ0) is 15.5. The van der Waals surface area contributed by atoms with Gasteiger partial charge in [-0.1, -0.05) is 0 Å².